The molecule has 0 aromatic carbocycles. The van der Waals surface area contributed by atoms with Gasteiger partial charge < -0.3 is 20.1 Å². The molecule has 4 aliphatic rings. The van der Waals surface area contributed by atoms with E-state index in [0.29, 0.717) is 30.7 Å². The molecule has 3 N–H and O–H groups in total. The van der Waals surface area contributed by atoms with Gasteiger partial charge in [-0.2, -0.15) is 0 Å². The van der Waals surface area contributed by atoms with Crippen molar-refractivity contribution in [2.45, 2.75) is 76.4 Å². The predicted octanol–water partition coefficient (Wildman–Crippen LogP) is 1.03. The summed E-state index contributed by atoms with van der Waals surface area (Å²) >= 11 is 0. The number of nitrogens with zero attached hydrogens (tertiary/aromatic N) is 1. The molecule has 4 rings (SSSR count). The molecule has 2 saturated carbocycles. The van der Waals surface area contributed by atoms with Gasteiger partial charge in [-0.05, 0) is 37.0 Å². The van der Waals surface area contributed by atoms with E-state index in [1.807, 2.05) is 0 Å². The summed E-state index contributed by atoms with van der Waals surface area (Å²) in [7, 11) is 0. The van der Waals surface area contributed by atoms with Gasteiger partial charge in [0.25, 0.3) is 0 Å². The van der Waals surface area contributed by atoms with Gasteiger partial charge in [0, 0.05) is 25.9 Å². The van der Waals surface area contributed by atoms with Crippen molar-refractivity contribution in [3.63, 3.8) is 0 Å². The molecule has 2 saturated heterocycles. The van der Waals surface area contributed by atoms with E-state index in [4.69, 9.17) is 9.47 Å². The largest absolute Gasteiger partial charge is 0.462 e. The fraction of sp³-hybridized carbons (Fsp3) is 0.913. The van der Waals surface area contributed by atoms with Crippen molar-refractivity contribution >= 4 is 11.9 Å². The van der Waals surface area contributed by atoms with E-state index in [1.54, 1.807) is 0 Å². The van der Waals surface area contributed by atoms with Crippen molar-refractivity contribution in [2.75, 3.05) is 39.5 Å². The zero-order valence-corrected chi connectivity index (χ0v) is 18.4. The maximum absolute atomic E-state index is 12.3. The Morgan fingerprint density at radius 2 is 2.03 bits per heavy atom. The SMILES string of the molecule is O=C(COC1CCC2C(C1)OC(=O)CC2C1CCCCC1)NCCCN1CC[NH2+]C1. The van der Waals surface area contributed by atoms with E-state index in [2.05, 4.69) is 15.5 Å². The van der Waals surface area contributed by atoms with E-state index in [0.717, 1.165) is 45.4 Å². The van der Waals surface area contributed by atoms with Gasteiger partial charge in [0.2, 0.25) is 5.91 Å². The number of rotatable bonds is 8. The molecule has 0 bridgehead atoms. The third kappa shape index (κ3) is 5.95. The molecule has 7 heteroatoms. The van der Waals surface area contributed by atoms with Crippen LogP contribution in [0.3, 0.4) is 0 Å². The molecule has 4 atom stereocenters. The molecule has 30 heavy (non-hydrogen) atoms. The smallest absolute Gasteiger partial charge is 0.306 e. The van der Waals surface area contributed by atoms with E-state index >= 15 is 0 Å². The molecule has 4 fully saturated rings. The lowest BCUT2D eigenvalue weighted by atomic mass is 9.66. The number of nitrogens with one attached hydrogen (secondary N) is 1. The third-order valence-electron chi connectivity index (χ3n) is 7.75. The highest BCUT2D eigenvalue weighted by atomic mass is 16.5. The Kier molecular flexibility index (Phi) is 8.01. The first-order chi connectivity index (χ1) is 14.7. The van der Waals surface area contributed by atoms with Gasteiger partial charge >= 0.3 is 5.97 Å². The number of quaternary nitrogens is 1. The second-order valence-corrected chi connectivity index (χ2v) is 9.79. The van der Waals surface area contributed by atoms with E-state index in [1.165, 1.54) is 38.6 Å². The number of nitrogens with two attached hydrogens (primary N) is 1. The molecule has 4 unspecified atom stereocenters. The van der Waals surface area contributed by atoms with Crippen LogP contribution in [-0.2, 0) is 19.1 Å². The lowest BCUT2D eigenvalue weighted by Gasteiger charge is -2.46. The van der Waals surface area contributed by atoms with Gasteiger partial charge in [-0.3, -0.25) is 14.5 Å². The summed E-state index contributed by atoms with van der Waals surface area (Å²) in [6.07, 6.45) is 10.9. The maximum Gasteiger partial charge on any atom is 0.306 e. The molecule has 0 aromatic rings. The molecule has 0 spiro atoms. The summed E-state index contributed by atoms with van der Waals surface area (Å²) in [5.41, 5.74) is 0. The number of esters is 1. The second kappa shape index (κ2) is 10.9. The molecular formula is C23H40N3O4+. The lowest BCUT2D eigenvalue weighted by molar-refractivity contribution is -0.642. The highest BCUT2D eigenvalue weighted by Gasteiger charge is 2.45. The van der Waals surface area contributed by atoms with Crippen molar-refractivity contribution in [3.05, 3.63) is 0 Å². The van der Waals surface area contributed by atoms with Crippen LogP contribution in [0.2, 0.25) is 0 Å². The van der Waals surface area contributed by atoms with Gasteiger partial charge in [-0.25, -0.2) is 0 Å². The average Bonchev–Trinajstić information content (AvgIpc) is 3.28. The van der Waals surface area contributed by atoms with Gasteiger partial charge in [-0.1, -0.05) is 32.1 Å². The van der Waals surface area contributed by atoms with Crippen LogP contribution in [0.5, 0.6) is 0 Å². The van der Waals surface area contributed by atoms with E-state index < -0.39 is 0 Å². The van der Waals surface area contributed by atoms with Gasteiger partial charge in [-0.15, -0.1) is 0 Å². The highest BCUT2D eigenvalue weighted by Crippen LogP contribution is 2.45. The number of hydrogen-bond donors (Lipinski definition) is 2. The number of ether oxygens (including phenoxy) is 2. The summed E-state index contributed by atoms with van der Waals surface area (Å²) in [6, 6.07) is 0. The number of carbonyl (C=O) groups excluding carboxylic acids is 2. The van der Waals surface area contributed by atoms with Crippen LogP contribution in [0, 0.1) is 17.8 Å². The summed E-state index contributed by atoms with van der Waals surface area (Å²) in [5.74, 6) is 1.61. The highest BCUT2D eigenvalue weighted by molar-refractivity contribution is 5.77. The minimum atomic E-state index is -0.0363. The molecule has 7 nitrogen and oxygen atoms in total. The van der Waals surface area contributed by atoms with Crippen LogP contribution in [0.15, 0.2) is 0 Å². The summed E-state index contributed by atoms with van der Waals surface area (Å²) in [4.78, 5) is 26.8. The van der Waals surface area contributed by atoms with Crippen molar-refractivity contribution in [1.29, 1.82) is 0 Å². The second-order valence-electron chi connectivity index (χ2n) is 9.79. The number of carbonyl (C=O) groups is 2. The van der Waals surface area contributed by atoms with Crippen LogP contribution in [0.1, 0.15) is 64.2 Å². The molecule has 2 aliphatic carbocycles. The van der Waals surface area contributed by atoms with Crippen LogP contribution >= 0.6 is 0 Å². The monoisotopic (exact) mass is 422 g/mol. The van der Waals surface area contributed by atoms with Crippen LogP contribution in [0.4, 0.5) is 0 Å². The van der Waals surface area contributed by atoms with Crippen molar-refractivity contribution in [3.8, 4) is 0 Å². The Morgan fingerprint density at radius 1 is 1.17 bits per heavy atom. The van der Waals surface area contributed by atoms with Gasteiger partial charge in [0.15, 0.2) is 0 Å². The Bertz CT molecular complexity index is 575. The zero-order chi connectivity index (χ0) is 20.8. The summed E-state index contributed by atoms with van der Waals surface area (Å²) in [6.45, 7) is 5.26. The molecule has 1 amide bonds. The maximum atomic E-state index is 12.3. The first-order valence-corrected chi connectivity index (χ1v) is 12.3. The molecule has 0 aromatic heterocycles. The average molecular weight is 423 g/mol. The first-order valence-electron chi connectivity index (χ1n) is 12.3. The minimum Gasteiger partial charge on any atom is -0.462 e. The summed E-state index contributed by atoms with van der Waals surface area (Å²) in [5, 5.41) is 5.28. The lowest BCUT2D eigenvalue weighted by Crippen LogP contribution is -2.82. The molecule has 2 heterocycles. The molecule has 2 aliphatic heterocycles. The van der Waals surface area contributed by atoms with Crippen LogP contribution in [-0.4, -0.2) is 68.4 Å². The van der Waals surface area contributed by atoms with Crippen molar-refractivity contribution in [1.82, 2.24) is 10.2 Å². The normalized spacial score (nSPS) is 33.1. The molecule has 0 radical (unpaired) electrons. The topological polar surface area (TPSA) is 84.5 Å². The predicted molar refractivity (Wildman–Crippen MR) is 113 cm³/mol. The standard InChI is InChI=1S/C23H39N3O4/c27-22(25-9-4-11-26-12-10-24-16-26)15-29-18-7-8-19-20(17-5-2-1-3-6-17)14-23(28)30-21(19)13-18/h17-21,24H,1-16H2,(H,25,27)/p+1. The van der Waals surface area contributed by atoms with Gasteiger partial charge in [0.1, 0.15) is 19.4 Å². The summed E-state index contributed by atoms with van der Waals surface area (Å²) < 4.78 is 11.7. The van der Waals surface area contributed by atoms with Crippen molar-refractivity contribution < 1.29 is 24.4 Å². The first kappa shape index (κ1) is 22.0. The molecule has 170 valence electrons. The van der Waals surface area contributed by atoms with Crippen LogP contribution in [0.25, 0.3) is 0 Å². The Morgan fingerprint density at radius 3 is 2.83 bits per heavy atom. The fourth-order valence-electron chi connectivity index (χ4n) is 6.15. The van der Waals surface area contributed by atoms with Crippen LogP contribution < -0.4 is 10.6 Å². The number of hydrogen-bond acceptors (Lipinski definition) is 5. The Hall–Kier alpha value is -1.18. The zero-order valence-electron chi connectivity index (χ0n) is 18.4. The Balaban J connectivity index is 1.16. The van der Waals surface area contributed by atoms with Gasteiger partial charge in [0.05, 0.1) is 19.2 Å². The van der Waals surface area contributed by atoms with E-state index in [9.17, 15) is 9.59 Å². The van der Waals surface area contributed by atoms with Crippen molar-refractivity contribution in [2.24, 2.45) is 17.8 Å². The fourth-order valence-corrected chi connectivity index (χ4v) is 6.15. The number of amides is 1. The minimum absolute atomic E-state index is 0.0164. The molecular weight excluding hydrogens is 382 g/mol. The Labute approximate surface area is 180 Å². The third-order valence-corrected chi connectivity index (χ3v) is 7.75. The van der Waals surface area contributed by atoms with E-state index in [-0.39, 0.29) is 30.7 Å². The quantitative estimate of drug-likeness (QED) is 0.451. The number of fused-ring (bicyclic) bond motifs is 1.